The second-order valence-corrected chi connectivity index (χ2v) is 5.25. The summed E-state index contributed by atoms with van der Waals surface area (Å²) in [6, 6.07) is 10.7. The maximum atomic E-state index is 12.2. The molecule has 1 aromatic carbocycles. The topological polar surface area (TPSA) is 77.5 Å². The van der Waals surface area contributed by atoms with Crippen LogP contribution in [0.15, 0.2) is 42.6 Å². The molecule has 0 saturated heterocycles. The van der Waals surface area contributed by atoms with Crippen LogP contribution in [0.3, 0.4) is 0 Å². The van der Waals surface area contributed by atoms with Gasteiger partial charge >= 0.3 is 5.97 Å². The molecule has 1 aliphatic rings. The van der Waals surface area contributed by atoms with E-state index in [9.17, 15) is 9.59 Å². The molecule has 23 heavy (non-hydrogen) atoms. The van der Waals surface area contributed by atoms with Gasteiger partial charge in [0.25, 0.3) is 0 Å². The molecular weight excluding hydrogens is 296 g/mol. The minimum atomic E-state index is -0.312. The summed E-state index contributed by atoms with van der Waals surface area (Å²) in [6.07, 6.45) is 1.93. The Labute approximate surface area is 133 Å². The number of hydrogen-bond donors (Lipinski definition) is 1. The minimum absolute atomic E-state index is 0.175. The monoisotopic (exact) mass is 312 g/mol. The van der Waals surface area contributed by atoms with Crippen LogP contribution in [-0.2, 0) is 9.59 Å². The molecule has 0 spiro atoms. The average Bonchev–Trinajstić information content (AvgIpc) is 2.55. The molecule has 0 bridgehead atoms. The van der Waals surface area contributed by atoms with Crippen molar-refractivity contribution in [1.29, 1.82) is 0 Å². The molecule has 6 heteroatoms. The van der Waals surface area contributed by atoms with Gasteiger partial charge in [-0.25, -0.2) is 4.98 Å². The Balaban J connectivity index is 1.69. The third-order valence-corrected chi connectivity index (χ3v) is 3.66. The lowest BCUT2D eigenvalue weighted by Crippen LogP contribution is -2.24. The molecule has 1 aromatic heterocycles. The van der Waals surface area contributed by atoms with Gasteiger partial charge in [0.05, 0.1) is 25.4 Å². The van der Waals surface area contributed by atoms with Crippen molar-refractivity contribution in [2.24, 2.45) is 0 Å². The van der Waals surface area contributed by atoms with Crippen LogP contribution in [0, 0.1) is 0 Å². The van der Waals surface area contributed by atoms with Crippen molar-refractivity contribution in [3.63, 3.8) is 0 Å². The van der Waals surface area contributed by atoms with E-state index in [1.54, 1.807) is 24.3 Å². The summed E-state index contributed by atoms with van der Waals surface area (Å²) in [6.45, 7) is 0. The lowest BCUT2D eigenvalue weighted by molar-refractivity contribution is -0.136. The smallest absolute Gasteiger partial charge is 0.311 e. The van der Waals surface area contributed by atoms with E-state index >= 15 is 0 Å². The lowest BCUT2D eigenvalue weighted by atomic mass is 9.89. The van der Waals surface area contributed by atoms with Crippen LogP contribution < -0.4 is 14.8 Å². The Morgan fingerprint density at radius 2 is 2.17 bits per heavy atom. The number of rotatable bonds is 4. The fourth-order valence-corrected chi connectivity index (χ4v) is 2.58. The van der Waals surface area contributed by atoms with Crippen LogP contribution in [0.2, 0.25) is 0 Å². The molecule has 1 aliphatic heterocycles. The van der Waals surface area contributed by atoms with Crippen LogP contribution in [0.5, 0.6) is 11.6 Å². The summed E-state index contributed by atoms with van der Waals surface area (Å²) < 4.78 is 10.2. The van der Waals surface area contributed by atoms with E-state index in [0.717, 1.165) is 5.56 Å². The number of pyridine rings is 1. The fourth-order valence-electron chi connectivity index (χ4n) is 2.58. The number of para-hydroxylation sites is 1. The number of fused-ring (bicyclic) bond motifs is 1. The molecule has 0 unspecified atom stereocenters. The van der Waals surface area contributed by atoms with Crippen LogP contribution >= 0.6 is 0 Å². The molecule has 3 rings (SSSR count). The summed E-state index contributed by atoms with van der Waals surface area (Å²) in [5.41, 5.74) is 1.47. The van der Waals surface area contributed by atoms with Crippen molar-refractivity contribution in [3.8, 4) is 11.6 Å². The van der Waals surface area contributed by atoms with Crippen molar-refractivity contribution in [1.82, 2.24) is 4.98 Å². The second-order valence-electron chi connectivity index (χ2n) is 5.25. The van der Waals surface area contributed by atoms with Crippen LogP contribution in [0.25, 0.3) is 0 Å². The van der Waals surface area contributed by atoms with Crippen molar-refractivity contribution < 1.29 is 19.1 Å². The molecule has 0 saturated carbocycles. The quantitative estimate of drug-likeness (QED) is 0.693. The number of aromatic nitrogens is 1. The van der Waals surface area contributed by atoms with Crippen molar-refractivity contribution in [2.75, 3.05) is 12.4 Å². The number of nitrogens with one attached hydrogen (secondary N) is 1. The van der Waals surface area contributed by atoms with E-state index in [1.807, 2.05) is 12.1 Å². The van der Waals surface area contributed by atoms with Crippen molar-refractivity contribution in [2.45, 2.75) is 18.8 Å². The van der Waals surface area contributed by atoms with E-state index in [0.29, 0.717) is 17.3 Å². The van der Waals surface area contributed by atoms with E-state index in [2.05, 4.69) is 10.3 Å². The molecule has 1 N–H and O–H groups in total. The molecule has 2 heterocycles. The Morgan fingerprint density at radius 3 is 2.91 bits per heavy atom. The van der Waals surface area contributed by atoms with Gasteiger partial charge < -0.3 is 14.8 Å². The van der Waals surface area contributed by atoms with Crippen LogP contribution in [0.4, 0.5) is 5.69 Å². The zero-order valence-corrected chi connectivity index (χ0v) is 12.6. The number of carbonyl (C=O) groups is 2. The first kappa shape index (κ1) is 15.0. The predicted molar refractivity (Wildman–Crippen MR) is 83.5 cm³/mol. The Bertz CT molecular complexity index is 728. The zero-order valence-electron chi connectivity index (χ0n) is 12.6. The highest BCUT2D eigenvalue weighted by Gasteiger charge is 2.28. The molecule has 1 atom stereocenters. The first-order chi connectivity index (χ1) is 11.2. The van der Waals surface area contributed by atoms with Gasteiger partial charge in [-0.15, -0.1) is 0 Å². The first-order valence-electron chi connectivity index (χ1n) is 7.25. The fraction of sp³-hybridized carbons (Fsp3) is 0.235. The average molecular weight is 312 g/mol. The molecule has 0 fully saturated rings. The summed E-state index contributed by atoms with van der Waals surface area (Å²) in [7, 11) is 1.53. The SMILES string of the molecule is COc1ccc(NC(=O)C[C@@H]2CC(=O)Oc3ccccc32)cn1. The van der Waals surface area contributed by atoms with Gasteiger partial charge in [-0.3, -0.25) is 9.59 Å². The zero-order chi connectivity index (χ0) is 16.2. The number of nitrogens with zero attached hydrogens (tertiary/aromatic N) is 1. The van der Waals surface area contributed by atoms with Crippen molar-refractivity contribution >= 4 is 17.6 Å². The van der Waals surface area contributed by atoms with Crippen molar-refractivity contribution in [3.05, 3.63) is 48.2 Å². The summed E-state index contributed by atoms with van der Waals surface area (Å²) in [5, 5.41) is 2.78. The highest BCUT2D eigenvalue weighted by Crippen LogP contribution is 2.36. The number of esters is 1. The number of amides is 1. The van der Waals surface area contributed by atoms with E-state index < -0.39 is 0 Å². The van der Waals surface area contributed by atoms with Crippen LogP contribution in [0.1, 0.15) is 24.3 Å². The van der Waals surface area contributed by atoms with Gasteiger partial charge in [-0.2, -0.15) is 0 Å². The molecule has 1 amide bonds. The summed E-state index contributed by atoms with van der Waals surface area (Å²) in [5.74, 6) is 0.345. The number of ether oxygens (including phenoxy) is 2. The van der Waals surface area contributed by atoms with E-state index in [1.165, 1.54) is 13.3 Å². The lowest BCUT2D eigenvalue weighted by Gasteiger charge is -2.23. The molecular formula is C17H16N2O4. The van der Waals surface area contributed by atoms with Gasteiger partial charge in [0.15, 0.2) is 0 Å². The van der Waals surface area contributed by atoms with Gasteiger partial charge in [-0.05, 0) is 17.7 Å². The molecule has 2 aromatic rings. The highest BCUT2D eigenvalue weighted by molar-refractivity contribution is 5.92. The van der Waals surface area contributed by atoms with E-state index in [4.69, 9.17) is 9.47 Å². The summed E-state index contributed by atoms with van der Waals surface area (Å²) >= 11 is 0. The predicted octanol–water partition coefficient (Wildman–Crippen LogP) is 2.51. The minimum Gasteiger partial charge on any atom is -0.481 e. The van der Waals surface area contributed by atoms with Gasteiger partial charge in [-0.1, -0.05) is 18.2 Å². The first-order valence-corrected chi connectivity index (χ1v) is 7.25. The molecule has 6 nitrogen and oxygen atoms in total. The van der Waals surface area contributed by atoms with Gasteiger partial charge in [0.1, 0.15) is 5.75 Å². The maximum absolute atomic E-state index is 12.2. The van der Waals surface area contributed by atoms with Gasteiger partial charge in [0, 0.05) is 18.4 Å². The Kier molecular flexibility index (Phi) is 4.23. The molecule has 0 radical (unpaired) electrons. The number of hydrogen-bond acceptors (Lipinski definition) is 5. The number of anilines is 1. The Morgan fingerprint density at radius 1 is 1.35 bits per heavy atom. The third kappa shape index (κ3) is 3.48. The highest BCUT2D eigenvalue weighted by atomic mass is 16.5. The summed E-state index contributed by atoms with van der Waals surface area (Å²) in [4.78, 5) is 27.9. The van der Waals surface area contributed by atoms with Gasteiger partial charge in [0.2, 0.25) is 11.8 Å². The van der Waals surface area contributed by atoms with Crippen LogP contribution in [-0.4, -0.2) is 24.0 Å². The molecule has 118 valence electrons. The Hall–Kier alpha value is -2.89. The second kappa shape index (κ2) is 6.48. The number of carbonyl (C=O) groups excluding carboxylic acids is 2. The maximum Gasteiger partial charge on any atom is 0.311 e. The number of methoxy groups -OCH3 is 1. The number of benzene rings is 1. The largest absolute Gasteiger partial charge is 0.481 e. The standard InChI is InChI=1S/C17H16N2O4/c1-22-16-7-6-12(10-18-16)19-15(20)8-11-9-17(21)23-14-5-3-2-4-13(11)14/h2-7,10-11H,8-9H2,1H3,(H,19,20)/t11-/m1/s1. The van der Waals surface area contributed by atoms with E-state index in [-0.39, 0.29) is 30.6 Å². The normalized spacial score (nSPS) is 16.2. The molecule has 0 aliphatic carbocycles. The third-order valence-electron chi connectivity index (χ3n) is 3.66.